The van der Waals surface area contributed by atoms with Gasteiger partial charge < -0.3 is 15.7 Å². The second-order valence-corrected chi connectivity index (χ2v) is 4.29. The number of carbonyl (C=O) groups is 1. The summed E-state index contributed by atoms with van der Waals surface area (Å²) in [6, 6.07) is 3.43. The minimum absolute atomic E-state index is 0.214. The lowest BCUT2D eigenvalue weighted by Crippen LogP contribution is -2.39. The maximum absolute atomic E-state index is 11.3. The molecular formula is C12H17N3O2. The van der Waals surface area contributed by atoms with E-state index in [9.17, 15) is 9.90 Å². The highest BCUT2D eigenvalue weighted by Gasteiger charge is 2.31. The maximum atomic E-state index is 11.3. The van der Waals surface area contributed by atoms with E-state index >= 15 is 0 Å². The molecule has 1 fully saturated rings. The van der Waals surface area contributed by atoms with Crippen molar-refractivity contribution in [1.82, 2.24) is 15.6 Å². The molecule has 0 radical (unpaired) electrons. The van der Waals surface area contributed by atoms with Gasteiger partial charge in [-0.25, -0.2) is 0 Å². The number of carbonyl (C=O) groups excluding carboxylic acids is 1. The number of aliphatic hydroxyl groups is 1. The molecule has 3 N–H and O–H groups in total. The smallest absolute Gasteiger partial charge is 0.269 e. The predicted octanol–water partition coefficient (Wildman–Crippen LogP) is 0.0122. The van der Waals surface area contributed by atoms with Gasteiger partial charge in [0.15, 0.2) is 0 Å². The highest BCUT2D eigenvalue weighted by molar-refractivity contribution is 5.91. The SMILES string of the molecule is CNC(=O)c1ccc(C2(O)CCNCC2)cn1. The third kappa shape index (κ3) is 2.45. The zero-order valence-electron chi connectivity index (χ0n) is 9.86. The van der Waals surface area contributed by atoms with Crippen LogP contribution in [0.5, 0.6) is 0 Å². The Labute approximate surface area is 100 Å². The van der Waals surface area contributed by atoms with Gasteiger partial charge >= 0.3 is 0 Å². The fourth-order valence-electron chi connectivity index (χ4n) is 2.06. The first-order valence-electron chi connectivity index (χ1n) is 5.77. The highest BCUT2D eigenvalue weighted by atomic mass is 16.3. The summed E-state index contributed by atoms with van der Waals surface area (Å²) in [5.74, 6) is -0.214. The number of nitrogens with one attached hydrogen (secondary N) is 2. The molecule has 1 aliphatic heterocycles. The van der Waals surface area contributed by atoms with E-state index in [1.165, 1.54) is 0 Å². The Balaban J connectivity index is 2.19. The Morgan fingerprint density at radius 3 is 2.71 bits per heavy atom. The topological polar surface area (TPSA) is 74.2 Å². The number of amides is 1. The van der Waals surface area contributed by atoms with Crippen LogP contribution in [0, 0.1) is 0 Å². The fourth-order valence-corrected chi connectivity index (χ4v) is 2.06. The van der Waals surface area contributed by atoms with Crippen LogP contribution in [0.4, 0.5) is 0 Å². The largest absolute Gasteiger partial charge is 0.385 e. The van der Waals surface area contributed by atoms with E-state index in [4.69, 9.17) is 0 Å². The summed E-state index contributed by atoms with van der Waals surface area (Å²) in [7, 11) is 1.57. The van der Waals surface area contributed by atoms with Crippen molar-refractivity contribution in [3.63, 3.8) is 0 Å². The van der Waals surface area contributed by atoms with Crippen LogP contribution >= 0.6 is 0 Å². The van der Waals surface area contributed by atoms with E-state index in [-0.39, 0.29) is 5.91 Å². The zero-order valence-corrected chi connectivity index (χ0v) is 9.86. The second-order valence-electron chi connectivity index (χ2n) is 4.29. The first-order valence-corrected chi connectivity index (χ1v) is 5.77. The molecule has 1 amide bonds. The predicted molar refractivity (Wildman–Crippen MR) is 63.6 cm³/mol. The molecule has 17 heavy (non-hydrogen) atoms. The van der Waals surface area contributed by atoms with Gasteiger partial charge in [-0.15, -0.1) is 0 Å². The lowest BCUT2D eigenvalue weighted by molar-refractivity contribution is 0.00559. The van der Waals surface area contributed by atoms with Gasteiger partial charge in [0, 0.05) is 18.8 Å². The van der Waals surface area contributed by atoms with E-state index in [2.05, 4.69) is 15.6 Å². The van der Waals surface area contributed by atoms with E-state index in [0.717, 1.165) is 18.7 Å². The van der Waals surface area contributed by atoms with Gasteiger partial charge in [0.1, 0.15) is 5.69 Å². The van der Waals surface area contributed by atoms with Crippen LogP contribution in [0.3, 0.4) is 0 Å². The third-order valence-corrected chi connectivity index (χ3v) is 3.19. The molecule has 0 atom stereocenters. The summed E-state index contributed by atoms with van der Waals surface area (Å²) >= 11 is 0. The molecule has 2 rings (SSSR count). The zero-order chi connectivity index (χ0) is 12.3. The van der Waals surface area contributed by atoms with Gasteiger partial charge in [-0.05, 0) is 32.0 Å². The van der Waals surface area contributed by atoms with Gasteiger partial charge in [0.2, 0.25) is 0 Å². The van der Waals surface area contributed by atoms with E-state index < -0.39 is 5.60 Å². The molecule has 5 nitrogen and oxygen atoms in total. The van der Waals surface area contributed by atoms with Gasteiger partial charge in [0.25, 0.3) is 5.91 Å². The van der Waals surface area contributed by atoms with Crippen LogP contribution in [0.2, 0.25) is 0 Å². The molecular weight excluding hydrogens is 218 g/mol. The average Bonchev–Trinajstić information content (AvgIpc) is 2.39. The van der Waals surface area contributed by atoms with Gasteiger partial charge in [-0.2, -0.15) is 0 Å². The molecule has 1 aromatic heterocycles. The van der Waals surface area contributed by atoms with Gasteiger partial charge in [-0.1, -0.05) is 6.07 Å². The third-order valence-electron chi connectivity index (χ3n) is 3.19. The standard InChI is InChI=1S/C12H17N3O2/c1-13-11(16)10-3-2-9(8-15-10)12(17)4-6-14-7-5-12/h2-3,8,14,17H,4-7H2,1H3,(H,13,16). The van der Waals surface area contributed by atoms with E-state index in [0.29, 0.717) is 18.5 Å². The molecule has 1 aromatic rings. The van der Waals surface area contributed by atoms with Crippen molar-refractivity contribution in [3.05, 3.63) is 29.6 Å². The number of rotatable bonds is 2. The maximum Gasteiger partial charge on any atom is 0.269 e. The number of hydrogen-bond donors (Lipinski definition) is 3. The molecule has 2 heterocycles. The second kappa shape index (κ2) is 4.81. The van der Waals surface area contributed by atoms with Crippen LogP contribution in [0.25, 0.3) is 0 Å². The summed E-state index contributed by atoms with van der Waals surface area (Å²) in [6.45, 7) is 1.60. The van der Waals surface area contributed by atoms with Gasteiger partial charge in [-0.3, -0.25) is 9.78 Å². The quantitative estimate of drug-likeness (QED) is 0.675. The number of piperidine rings is 1. The summed E-state index contributed by atoms with van der Waals surface area (Å²) in [4.78, 5) is 15.4. The van der Waals surface area contributed by atoms with Crippen LogP contribution in [0.1, 0.15) is 28.9 Å². The summed E-state index contributed by atoms with van der Waals surface area (Å²) in [5, 5.41) is 16.2. The minimum Gasteiger partial charge on any atom is -0.385 e. The first-order chi connectivity index (χ1) is 8.15. The molecule has 92 valence electrons. The number of nitrogens with zero attached hydrogens (tertiary/aromatic N) is 1. The normalized spacial score (nSPS) is 18.7. The molecule has 5 heteroatoms. The lowest BCUT2D eigenvalue weighted by Gasteiger charge is -2.32. The molecule has 1 saturated heterocycles. The molecule has 0 spiro atoms. The monoisotopic (exact) mass is 235 g/mol. The number of aromatic nitrogens is 1. The Bertz CT molecular complexity index is 397. The highest BCUT2D eigenvalue weighted by Crippen LogP contribution is 2.29. The summed E-state index contributed by atoms with van der Waals surface area (Å²) in [6.07, 6.45) is 2.94. The van der Waals surface area contributed by atoms with E-state index in [1.807, 2.05) is 0 Å². The van der Waals surface area contributed by atoms with Crippen LogP contribution in [0.15, 0.2) is 18.3 Å². The molecule has 0 saturated carbocycles. The van der Waals surface area contributed by atoms with Crippen molar-refractivity contribution in [3.8, 4) is 0 Å². The first kappa shape index (κ1) is 12.0. The summed E-state index contributed by atoms with van der Waals surface area (Å²) in [5.41, 5.74) is 0.347. The van der Waals surface area contributed by atoms with Crippen LogP contribution in [-0.4, -0.2) is 36.1 Å². The van der Waals surface area contributed by atoms with Crippen molar-refractivity contribution in [2.45, 2.75) is 18.4 Å². The number of hydrogen-bond acceptors (Lipinski definition) is 4. The molecule has 0 aromatic carbocycles. The van der Waals surface area contributed by atoms with Gasteiger partial charge in [0.05, 0.1) is 5.60 Å². The molecule has 1 aliphatic rings. The van der Waals surface area contributed by atoms with Crippen LogP contribution < -0.4 is 10.6 Å². The summed E-state index contributed by atoms with van der Waals surface area (Å²) < 4.78 is 0. The average molecular weight is 235 g/mol. The number of pyridine rings is 1. The van der Waals surface area contributed by atoms with Crippen molar-refractivity contribution in [2.75, 3.05) is 20.1 Å². The van der Waals surface area contributed by atoms with Crippen molar-refractivity contribution in [1.29, 1.82) is 0 Å². The molecule has 0 aliphatic carbocycles. The fraction of sp³-hybridized carbons (Fsp3) is 0.500. The van der Waals surface area contributed by atoms with E-state index in [1.54, 1.807) is 25.4 Å². The minimum atomic E-state index is -0.806. The van der Waals surface area contributed by atoms with Crippen molar-refractivity contribution >= 4 is 5.91 Å². The van der Waals surface area contributed by atoms with Crippen LogP contribution in [-0.2, 0) is 5.60 Å². The Morgan fingerprint density at radius 1 is 1.47 bits per heavy atom. The van der Waals surface area contributed by atoms with Crippen molar-refractivity contribution < 1.29 is 9.90 Å². The lowest BCUT2D eigenvalue weighted by atomic mass is 9.86. The Morgan fingerprint density at radius 2 is 2.18 bits per heavy atom. The molecule has 0 bridgehead atoms. The van der Waals surface area contributed by atoms with Crippen molar-refractivity contribution in [2.24, 2.45) is 0 Å². The Kier molecular flexibility index (Phi) is 3.40. The Hall–Kier alpha value is -1.46. The molecule has 0 unspecified atom stereocenters.